The zero-order valence-corrected chi connectivity index (χ0v) is 10.8. The highest BCUT2D eigenvalue weighted by Crippen LogP contribution is 2.23. The van der Waals surface area contributed by atoms with Crippen molar-refractivity contribution >= 4 is 24.0 Å². The Kier molecular flexibility index (Phi) is 6.64. The van der Waals surface area contributed by atoms with Crippen molar-refractivity contribution in [2.45, 2.75) is 25.7 Å². The summed E-state index contributed by atoms with van der Waals surface area (Å²) in [5.74, 6) is -0.637. The predicted molar refractivity (Wildman–Crippen MR) is 67.3 cm³/mol. The number of hydrogen-bond donors (Lipinski definition) is 2. The maximum atomic E-state index is 11.9. The number of amides is 1. The minimum absolute atomic E-state index is 0. The van der Waals surface area contributed by atoms with Crippen LogP contribution in [0.4, 0.5) is 18.9 Å². The second-order valence-corrected chi connectivity index (χ2v) is 3.80. The number of benzene rings is 1. The van der Waals surface area contributed by atoms with Gasteiger partial charge in [-0.25, -0.2) is 0 Å². The molecule has 0 aliphatic heterocycles. The van der Waals surface area contributed by atoms with E-state index in [0.717, 1.165) is 12.1 Å². The Bertz CT molecular complexity index is 407. The highest BCUT2D eigenvalue weighted by molar-refractivity contribution is 5.91. The monoisotopic (exact) mass is 298 g/mol. The average molecular weight is 299 g/mol. The summed E-state index contributed by atoms with van der Waals surface area (Å²) in [5.41, 5.74) is 5.82. The van der Waals surface area contributed by atoms with E-state index >= 15 is 0 Å². The van der Waals surface area contributed by atoms with Gasteiger partial charge in [0.1, 0.15) is 5.75 Å². The van der Waals surface area contributed by atoms with Crippen molar-refractivity contribution in [3.8, 4) is 5.75 Å². The number of rotatable bonds is 4. The third-order valence-corrected chi connectivity index (χ3v) is 1.88. The molecule has 0 saturated heterocycles. The lowest BCUT2D eigenvalue weighted by Gasteiger charge is -2.10. The molecule has 1 rings (SSSR count). The molecular weight excluding hydrogens is 285 g/mol. The van der Waals surface area contributed by atoms with E-state index in [-0.39, 0.29) is 36.5 Å². The summed E-state index contributed by atoms with van der Waals surface area (Å²) in [4.78, 5) is 11.3. The first kappa shape index (κ1) is 17.5. The van der Waals surface area contributed by atoms with Gasteiger partial charge in [0.05, 0.1) is 0 Å². The minimum atomic E-state index is -4.72. The summed E-state index contributed by atoms with van der Waals surface area (Å²) in [7, 11) is 0. The van der Waals surface area contributed by atoms with Crippen LogP contribution in [0.1, 0.15) is 13.3 Å². The normalized spacial score (nSPS) is 12.3. The number of nitrogens with two attached hydrogens (primary N) is 1. The summed E-state index contributed by atoms with van der Waals surface area (Å²) in [6, 6.07) is 4.60. The fourth-order valence-electron chi connectivity index (χ4n) is 1.24. The van der Waals surface area contributed by atoms with E-state index in [0.29, 0.717) is 5.69 Å². The molecule has 8 heteroatoms. The average Bonchev–Trinajstić information content (AvgIpc) is 2.17. The molecule has 19 heavy (non-hydrogen) atoms. The molecule has 1 unspecified atom stereocenters. The van der Waals surface area contributed by atoms with Gasteiger partial charge in [-0.2, -0.15) is 0 Å². The fourth-order valence-corrected chi connectivity index (χ4v) is 1.24. The zero-order valence-electron chi connectivity index (χ0n) is 10.0. The largest absolute Gasteiger partial charge is 0.573 e. The van der Waals surface area contributed by atoms with Crippen LogP contribution in [0, 0.1) is 0 Å². The lowest BCUT2D eigenvalue weighted by atomic mass is 10.2. The quantitative estimate of drug-likeness (QED) is 0.898. The molecule has 0 heterocycles. The summed E-state index contributed by atoms with van der Waals surface area (Å²) in [6.45, 7) is 1.68. The van der Waals surface area contributed by atoms with Gasteiger partial charge in [0.2, 0.25) is 5.91 Å². The van der Waals surface area contributed by atoms with Crippen molar-refractivity contribution in [1.29, 1.82) is 0 Å². The van der Waals surface area contributed by atoms with Crippen LogP contribution in [0.15, 0.2) is 24.3 Å². The molecule has 4 nitrogen and oxygen atoms in total. The van der Waals surface area contributed by atoms with Crippen molar-refractivity contribution in [2.75, 3.05) is 5.32 Å². The SMILES string of the molecule is CC(N)CC(=O)Nc1ccc(OC(F)(F)F)cc1.Cl. The van der Waals surface area contributed by atoms with Gasteiger partial charge < -0.3 is 15.8 Å². The third kappa shape index (κ3) is 7.53. The molecule has 1 aromatic rings. The molecular formula is C11H14ClF3N2O2. The molecule has 108 valence electrons. The summed E-state index contributed by atoms with van der Waals surface area (Å²) in [6.07, 6.45) is -4.58. The minimum Gasteiger partial charge on any atom is -0.406 e. The first-order chi connectivity index (χ1) is 8.26. The maximum absolute atomic E-state index is 11.9. The smallest absolute Gasteiger partial charge is 0.406 e. The predicted octanol–water partition coefficient (Wildman–Crippen LogP) is 2.68. The maximum Gasteiger partial charge on any atom is 0.573 e. The van der Waals surface area contributed by atoms with E-state index in [9.17, 15) is 18.0 Å². The van der Waals surface area contributed by atoms with Gasteiger partial charge in [-0.1, -0.05) is 0 Å². The lowest BCUT2D eigenvalue weighted by molar-refractivity contribution is -0.274. The number of ether oxygens (including phenoxy) is 1. The molecule has 0 spiro atoms. The molecule has 0 aliphatic carbocycles. The topological polar surface area (TPSA) is 64.4 Å². The van der Waals surface area contributed by atoms with Gasteiger partial charge in [0.25, 0.3) is 0 Å². The van der Waals surface area contributed by atoms with E-state index in [1.165, 1.54) is 12.1 Å². The second-order valence-electron chi connectivity index (χ2n) is 3.80. The van der Waals surface area contributed by atoms with E-state index in [4.69, 9.17) is 5.73 Å². The first-order valence-electron chi connectivity index (χ1n) is 5.17. The van der Waals surface area contributed by atoms with Crippen LogP contribution in [-0.4, -0.2) is 18.3 Å². The Morgan fingerprint density at radius 2 is 1.89 bits per heavy atom. The van der Waals surface area contributed by atoms with Gasteiger partial charge in [-0.3, -0.25) is 4.79 Å². The summed E-state index contributed by atoms with van der Waals surface area (Å²) >= 11 is 0. The summed E-state index contributed by atoms with van der Waals surface area (Å²) in [5, 5.41) is 2.51. The van der Waals surface area contributed by atoms with E-state index in [2.05, 4.69) is 10.1 Å². The number of carbonyl (C=O) groups is 1. The van der Waals surface area contributed by atoms with Crippen LogP contribution < -0.4 is 15.8 Å². The first-order valence-corrected chi connectivity index (χ1v) is 5.17. The molecule has 0 saturated carbocycles. The van der Waals surface area contributed by atoms with Crippen molar-refractivity contribution < 1.29 is 22.7 Å². The van der Waals surface area contributed by atoms with Crippen LogP contribution in [0.2, 0.25) is 0 Å². The summed E-state index contributed by atoms with van der Waals surface area (Å²) < 4.78 is 39.4. The number of halogens is 4. The van der Waals surface area contributed by atoms with Crippen LogP contribution in [0.5, 0.6) is 5.75 Å². The molecule has 0 aromatic heterocycles. The van der Waals surface area contributed by atoms with Gasteiger partial charge in [0.15, 0.2) is 0 Å². The molecule has 0 fully saturated rings. The zero-order chi connectivity index (χ0) is 13.8. The highest BCUT2D eigenvalue weighted by Gasteiger charge is 2.30. The van der Waals surface area contributed by atoms with Crippen molar-refractivity contribution in [1.82, 2.24) is 0 Å². The number of alkyl halides is 3. The molecule has 0 bridgehead atoms. The van der Waals surface area contributed by atoms with Gasteiger partial charge in [0, 0.05) is 18.2 Å². The Morgan fingerprint density at radius 1 is 1.37 bits per heavy atom. The number of nitrogens with one attached hydrogen (secondary N) is 1. The molecule has 1 aromatic carbocycles. The Balaban J connectivity index is 0.00000324. The van der Waals surface area contributed by atoms with Gasteiger partial charge in [-0.15, -0.1) is 25.6 Å². The van der Waals surface area contributed by atoms with Crippen LogP contribution in [0.3, 0.4) is 0 Å². The van der Waals surface area contributed by atoms with Gasteiger partial charge >= 0.3 is 6.36 Å². The fraction of sp³-hybridized carbons (Fsp3) is 0.364. The third-order valence-electron chi connectivity index (χ3n) is 1.88. The molecule has 1 atom stereocenters. The number of carbonyl (C=O) groups excluding carboxylic acids is 1. The lowest BCUT2D eigenvalue weighted by Crippen LogP contribution is -2.24. The molecule has 1 amide bonds. The van der Waals surface area contributed by atoms with Crippen molar-refractivity contribution in [2.24, 2.45) is 5.73 Å². The second kappa shape index (κ2) is 7.20. The highest BCUT2D eigenvalue weighted by atomic mass is 35.5. The van der Waals surface area contributed by atoms with Crippen molar-refractivity contribution in [3.63, 3.8) is 0 Å². The molecule has 0 radical (unpaired) electrons. The van der Waals surface area contributed by atoms with E-state index in [1.807, 2.05) is 0 Å². The molecule has 0 aliphatic rings. The Hall–Kier alpha value is -1.47. The number of anilines is 1. The van der Waals surface area contributed by atoms with E-state index in [1.54, 1.807) is 6.92 Å². The Labute approximate surface area is 114 Å². The van der Waals surface area contributed by atoms with Crippen LogP contribution in [0.25, 0.3) is 0 Å². The van der Waals surface area contributed by atoms with Gasteiger partial charge in [-0.05, 0) is 31.2 Å². The van der Waals surface area contributed by atoms with Crippen molar-refractivity contribution in [3.05, 3.63) is 24.3 Å². The van der Waals surface area contributed by atoms with E-state index < -0.39 is 6.36 Å². The Morgan fingerprint density at radius 3 is 2.32 bits per heavy atom. The number of hydrogen-bond acceptors (Lipinski definition) is 3. The van der Waals surface area contributed by atoms with Crippen LogP contribution in [-0.2, 0) is 4.79 Å². The standard InChI is InChI=1S/C11H13F3N2O2.ClH/c1-7(15)6-10(17)16-8-2-4-9(5-3-8)18-11(12,13)14;/h2-5,7H,6,15H2,1H3,(H,16,17);1H. The molecule has 3 N–H and O–H groups in total. The van der Waals surface area contributed by atoms with Crippen LogP contribution >= 0.6 is 12.4 Å².